The summed E-state index contributed by atoms with van der Waals surface area (Å²) in [5, 5.41) is 0. The Morgan fingerprint density at radius 2 is 2.08 bits per heavy atom. The number of rotatable bonds is 6. The van der Waals surface area contributed by atoms with Crippen LogP contribution in [0, 0.1) is 0 Å². The Bertz CT molecular complexity index is 947. The fraction of sp³-hybridized carbons (Fsp3) is 0.529. The van der Waals surface area contributed by atoms with Crippen molar-refractivity contribution in [1.29, 1.82) is 0 Å². The average Bonchev–Trinajstić information content (AvgIpc) is 2.90. The Balaban J connectivity index is 1.72. The van der Waals surface area contributed by atoms with Gasteiger partial charge in [-0.15, -0.1) is 0 Å². The summed E-state index contributed by atoms with van der Waals surface area (Å²) in [6.07, 6.45) is 4.41. The van der Waals surface area contributed by atoms with Crippen molar-refractivity contribution in [3.63, 3.8) is 0 Å². The van der Waals surface area contributed by atoms with Gasteiger partial charge in [-0.1, -0.05) is 12.1 Å². The summed E-state index contributed by atoms with van der Waals surface area (Å²) in [5.74, 6) is -0.699. The Morgan fingerprint density at radius 3 is 2.85 bits per heavy atom. The fourth-order valence-corrected chi connectivity index (χ4v) is 3.92. The lowest BCUT2D eigenvalue weighted by molar-refractivity contribution is -0.135. The number of amides is 1. The number of aromatic nitrogens is 1. The number of carbonyl (C=O) groups is 1. The standard InChI is InChI=1S/C17H23N3O5S/c1-26(23,24)18-10-9-13-6-4-5-11-19(13)16(21)12-20-14-7-2-3-8-15(14)25-17(20)22/h2-3,7-8,13,18H,4-6,9-12H2,1H3. The topological polar surface area (TPSA) is 102 Å². The van der Waals surface area contributed by atoms with Crippen molar-refractivity contribution in [2.75, 3.05) is 19.3 Å². The molecule has 142 valence electrons. The van der Waals surface area contributed by atoms with Gasteiger partial charge in [0.2, 0.25) is 15.9 Å². The summed E-state index contributed by atoms with van der Waals surface area (Å²) in [7, 11) is -3.24. The Labute approximate surface area is 151 Å². The van der Waals surface area contributed by atoms with Gasteiger partial charge in [0.1, 0.15) is 6.54 Å². The summed E-state index contributed by atoms with van der Waals surface area (Å²) in [6, 6.07) is 6.97. The lowest BCUT2D eigenvalue weighted by Crippen LogP contribution is -2.47. The van der Waals surface area contributed by atoms with E-state index in [1.807, 2.05) is 0 Å². The van der Waals surface area contributed by atoms with Gasteiger partial charge in [0, 0.05) is 19.1 Å². The Hall–Kier alpha value is -2.13. The second-order valence-electron chi connectivity index (χ2n) is 6.61. The van der Waals surface area contributed by atoms with Gasteiger partial charge in [0.15, 0.2) is 5.58 Å². The van der Waals surface area contributed by atoms with Gasteiger partial charge in [0.05, 0.1) is 11.8 Å². The molecule has 1 N–H and O–H groups in total. The average molecular weight is 381 g/mol. The van der Waals surface area contributed by atoms with Gasteiger partial charge in [0.25, 0.3) is 0 Å². The van der Waals surface area contributed by atoms with E-state index in [0.29, 0.717) is 30.6 Å². The molecule has 8 nitrogen and oxygen atoms in total. The molecule has 2 heterocycles. The van der Waals surface area contributed by atoms with Crippen molar-refractivity contribution in [3.05, 3.63) is 34.8 Å². The maximum Gasteiger partial charge on any atom is 0.420 e. The first-order valence-electron chi connectivity index (χ1n) is 8.67. The molecular weight excluding hydrogens is 358 g/mol. The van der Waals surface area contributed by atoms with Crippen LogP contribution in [-0.4, -0.2) is 49.2 Å². The quantitative estimate of drug-likeness (QED) is 0.802. The van der Waals surface area contributed by atoms with Crippen molar-refractivity contribution >= 4 is 27.0 Å². The van der Waals surface area contributed by atoms with E-state index >= 15 is 0 Å². The number of sulfonamides is 1. The molecule has 2 aromatic rings. The molecule has 1 aliphatic heterocycles. The lowest BCUT2D eigenvalue weighted by atomic mass is 9.99. The molecule has 1 amide bonds. The van der Waals surface area contributed by atoms with Crippen LogP contribution in [0.25, 0.3) is 11.1 Å². The summed E-state index contributed by atoms with van der Waals surface area (Å²) < 4.78 is 31.4. The summed E-state index contributed by atoms with van der Waals surface area (Å²) >= 11 is 0. The summed E-state index contributed by atoms with van der Waals surface area (Å²) in [4.78, 5) is 26.7. The zero-order chi connectivity index (χ0) is 18.7. The second kappa shape index (κ2) is 7.63. The number of piperidine rings is 1. The van der Waals surface area contributed by atoms with Crippen LogP contribution in [-0.2, 0) is 21.4 Å². The Morgan fingerprint density at radius 1 is 1.31 bits per heavy atom. The predicted molar refractivity (Wildman–Crippen MR) is 97.3 cm³/mol. The molecule has 0 spiro atoms. The van der Waals surface area contributed by atoms with Gasteiger partial charge in [-0.05, 0) is 37.8 Å². The van der Waals surface area contributed by atoms with E-state index < -0.39 is 15.8 Å². The first kappa shape index (κ1) is 18.7. The van der Waals surface area contributed by atoms with Crippen molar-refractivity contribution in [1.82, 2.24) is 14.2 Å². The zero-order valence-corrected chi connectivity index (χ0v) is 15.5. The number of nitrogens with zero attached hydrogens (tertiary/aromatic N) is 2. The highest BCUT2D eigenvalue weighted by atomic mass is 32.2. The zero-order valence-electron chi connectivity index (χ0n) is 14.7. The number of oxazole rings is 1. The van der Waals surface area contributed by atoms with Gasteiger partial charge in [-0.2, -0.15) is 0 Å². The first-order valence-corrected chi connectivity index (χ1v) is 10.6. The van der Waals surface area contributed by atoms with Gasteiger partial charge in [-0.25, -0.2) is 17.9 Å². The SMILES string of the molecule is CS(=O)(=O)NCCC1CCCCN1C(=O)Cn1c(=O)oc2ccccc21. The maximum absolute atomic E-state index is 12.8. The van der Waals surface area contributed by atoms with Gasteiger partial charge < -0.3 is 9.32 Å². The van der Waals surface area contributed by atoms with E-state index in [-0.39, 0.29) is 18.5 Å². The highest BCUT2D eigenvalue weighted by Crippen LogP contribution is 2.20. The Kier molecular flexibility index (Phi) is 5.47. The molecule has 1 aromatic carbocycles. The van der Waals surface area contributed by atoms with Crippen LogP contribution >= 0.6 is 0 Å². The molecule has 0 aliphatic carbocycles. The van der Waals surface area contributed by atoms with Crippen LogP contribution in [0.1, 0.15) is 25.7 Å². The number of hydrogen-bond donors (Lipinski definition) is 1. The molecule has 1 atom stereocenters. The third-order valence-electron chi connectivity index (χ3n) is 4.66. The number of fused-ring (bicyclic) bond motifs is 1. The number of hydrogen-bond acceptors (Lipinski definition) is 5. The van der Waals surface area contributed by atoms with Gasteiger partial charge in [-0.3, -0.25) is 9.36 Å². The normalized spacial score (nSPS) is 18.3. The van der Waals surface area contributed by atoms with Crippen LogP contribution in [0.5, 0.6) is 0 Å². The molecule has 1 aromatic heterocycles. The summed E-state index contributed by atoms with van der Waals surface area (Å²) in [5.41, 5.74) is 1.05. The summed E-state index contributed by atoms with van der Waals surface area (Å²) in [6.45, 7) is 0.834. The van der Waals surface area contributed by atoms with E-state index in [4.69, 9.17) is 4.42 Å². The molecule has 0 bridgehead atoms. The van der Waals surface area contributed by atoms with Crippen LogP contribution in [0.4, 0.5) is 0 Å². The van der Waals surface area contributed by atoms with Crippen molar-refractivity contribution in [2.45, 2.75) is 38.3 Å². The van der Waals surface area contributed by atoms with E-state index in [1.54, 1.807) is 29.2 Å². The number of carbonyl (C=O) groups excluding carboxylic acids is 1. The van der Waals surface area contributed by atoms with Crippen molar-refractivity contribution < 1.29 is 17.6 Å². The minimum atomic E-state index is -3.24. The van der Waals surface area contributed by atoms with E-state index in [9.17, 15) is 18.0 Å². The number of nitrogens with one attached hydrogen (secondary N) is 1. The minimum absolute atomic E-state index is 0.0284. The van der Waals surface area contributed by atoms with Crippen LogP contribution < -0.4 is 10.5 Å². The fourth-order valence-electron chi connectivity index (χ4n) is 3.43. The van der Waals surface area contributed by atoms with Crippen molar-refractivity contribution in [3.8, 4) is 0 Å². The number of para-hydroxylation sites is 2. The molecule has 3 rings (SSSR count). The van der Waals surface area contributed by atoms with Crippen molar-refractivity contribution in [2.24, 2.45) is 0 Å². The third-order valence-corrected chi connectivity index (χ3v) is 5.38. The van der Waals surface area contributed by atoms with E-state index in [1.165, 1.54) is 4.57 Å². The van der Waals surface area contributed by atoms with Crippen LogP contribution in [0.2, 0.25) is 0 Å². The molecule has 0 saturated carbocycles. The monoisotopic (exact) mass is 381 g/mol. The highest BCUT2D eigenvalue weighted by Gasteiger charge is 2.27. The van der Waals surface area contributed by atoms with Crippen LogP contribution in [0.15, 0.2) is 33.5 Å². The molecular formula is C17H23N3O5S. The molecule has 1 fully saturated rings. The van der Waals surface area contributed by atoms with Crippen LogP contribution in [0.3, 0.4) is 0 Å². The number of likely N-dealkylation sites (tertiary alicyclic amines) is 1. The third kappa shape index (κ3) is 4.34. The second-order valence-corrected chi connectivity index (χ2v) is 8.45. The molecule has 26 heavy (non-hydrogen) atoms. The van der Waals surface area contributed by atoms with E-state index in [2.05, 4.69) is 4.72 Å². The molecule has 1 aliphatic rings. The smallest absolute Gasteiger partial charge is 0.408 e. The molecule has 1 unspecified atom stereocenters. The molecule has 1 saturated heterocycles. The van der Waals surface area contributed by atoms with Gasteiger partial charge >= 0.3 is 5.76 Å². The number of benzene rings is 1. The first-order chi connectivity index (χ1) is 12.3. The molecule has 0 radical (unpaired) electrons. The largest absolute Gasteiger partial charge is 0.420 e. The highest BCUT2D eigenvalue weighted by molar-refractivity contribution is 7.88. The predicted octanol–water partition coefficient (Wildman–Crippen LogP) is 0.915. The molecule has 9 heteroatoms. The lowest BCUT2D eigenvalue weighted by Gasteiger charge is -2.36. The minimum Gasteiger partial charge on any atom is -0.408 e. The maximum atomic E-state index is 12.8. The van der Waals surface area contributed by atoms with E-state index in [0.717, 1.165) is 25.5 Å².